The number of amides is 1. The zero-order chi connectivity index (χ0) is 18.8. The monoisotopic (exact) mass is 365 g/mol. The van der Waals surface area contributed by atoms with Gasteiger partial charge in [-0.2, -0.15) is 0 Å². The molecule has 0 spiro atoms. The molecule has 0 radical (unpaired) electrons. The van der Waals surface area contributed by atoms with Crippen molar-refractivity contribution in [1.29, 1.82) is 0 Å². The SMILES string of the molecule is O=C(CCc1nc2ccccc2[nH]c1=O)N1CCc2nc[nH]c(=O)c2CC1. The Hall–Kier alpha value is -3.29. The molecule has 1 aliphatic rings. The van der Waals surface area contributed by atoms with Crippen LogP contribution in [0.15, 0.2) is 40.2 Å². The standard InChI is InChI=1S/C19H19N5O3/c25-17(24-9-7-12-13(8-10-24)20-11-21-18(12)26)6-5-16-19(27)23-15-4-2-1-3-14(15)22-16/h1-4,11H,5-10H2,(H,23,27)(H,20,21,26). The minimum Gasteiger partial charge on any atom is -0.342 e. The summed E-state index contributed by atoms with van der Waals surface area (Å²) in [6.45, 7) is 0.992. The van der Waals surface area contributed by atoms with Crippen molar-refractivity contribution in [2.24, 2.45) is 0 Å². The highest BCUT2D eigenvalue weighted by Crippen LogP contribution is 2.12. The number of rotatable bonds is 3. The van der Waals surface area contributed by atoms with Crippen molar-refractivity contribution in [2.75, 3.05) is 13.1 Å². The number of nitrogens with zero attached hydrogens (tertiary/aromatic N) is 3. The molecule has 0 saturated carbocycles. The second-order valence-corrected chi connectivity index (χ2v) is 6.57. The molecule has 0 aliphatic carbocycles. The Balaban J connectivity index is 1.44. The Kier molecular flexibility index (Phi) is 4.53. The highest BCUT2D eigenvalue weighted by molar-refractivity contribution is 5.77. The van der Waals surface area contributed by atoms with Crippen LogP contribution < -0.4 is 11.1 Å². The van der Waals surface area contributed by atoms with Gasteiger partial charge in [0.05, 0.1) is 23.1 Å². The van der Waals surface area contributed by atoms with E-state index in [1.54, 1.807) is 11.0 Å². The van der Waals surface area contributed by atoms with Crippen LogP contribution in [-0.4, -0.2) is 43.8 Å². The molecule has 4 rings (SSSR count). The quantitative estimate of drug-likeness (QED) is 0.705. The fourth-order valence-corrected chi connectivity index (χ4v) is 3.41. The summed E-state index contributed by atoms with van der Waals surface area (Å²) in [5.74, 6) is -0.0476. The molecule has 0 bridgehead atoms. The third kappa shape index (κ3) is 3.51. The molecule has 1 amide bonds. The van der Waals surface area contributed by atoms with Gasteiger partial charge in [0.2, 0.25) is 5.91 Å². The molecule has 1 aromatic carbocycles. The van der Waals surface area contributed by atoms with E-state index in [0.717, 1.165) is 5.69 Å². The first-order chi connectivity index (χ1) is 13.1. The van der Waals surface area contributed by atoms with Crippen molar-refractivity contribution in [3.8, 4) is 0 Å². The molecular formula is C19H19N5O3. The van der Waals surface area contributed by atoms with Crippen molar-refractivity contribution in [2.45, 2.75) is 25.7 Å². The molecule has 0 saturated heterocycles. The third-order valence-corrected chi connectivity index (χ3v) is 4.89. The average Bonchev–Trinajstić information content (AvgIpc) is 2.90. The van der Waals surface area contributed by atoms with E-state index in [2.05, 4.69) is 19.9 Å². The number of nitrogens with one attached hydrogen (secondary N) is 2. The molecule has 138 valence electrons. The van der Waals surface area contributed by atoms with Gasteiger partial charge in [-0.25, -0.2) is 9.97 Å². The summed E-state index contributed by atoms with van der Waals surface area (Å²) in [5.41, 5.74) is 2.75. The molecule has 2 N–H and O–H groups in total. The molecule has 3 heterocycles. The van der Waals surface area contributed by atoms with Crippen molar-refractivity contribution in [1.82, 2.24) is 24.8 Å². The lowest BCUT2D eigenvalue weighted by Gasteiger charge is -2.19. The fraction of sp³-hybridized carbons (Fsp3) is 0.316. The van der Waals surface area contributed by atoms with Crippen LogP contribution in [0, 0.1) is 0 Å². The van der Waals surface area contributed by atoms with Gasteiger partial charge in [-0.3, -0.25) is 14.4 Å². The van der Waals surface area contributed by atoms with Crippen LogP contribution in [0.1, 0.15) is 23.4 Å². The smallest absolute Gasteiger partial charge is 0.270 e. The summed E-state index contributed by atoms with van der Waals surface area (Å²) in [6, 6.07) is 7.31. The van der Waals surface area contributed by atoms with Crippen LogP contribution >= 0.6 is 0 Å². The topological polar surface area (TPSA) is 112 Å². The largest absolute Gasteiger partial charge is 0.342 e. The lowest BCUT2D eigenvalue weighted by atomic mass is 10.1. The van der Waals surface area contributed by atoms with Gasteiger partial charge in [0.15, 0.2) is 0 Å². The van der Waals surface area contributed by atoms with Gasteiger partial charge < -0.3 is 14.9 Å². The number of fused-ring (bicyclic) bond motifs is 2. The zero-order valence-corrected chi connectivity index (χ0v) is 14.7. The number of carbonyl (C=O) groups is 1. The van der Waals surface area contributed by atoms with Gasteiger partial charge in [0, 0.05) is 37.9 Å². The van der Waals surface area contributed by atoms with Gasteiger partial charge in [-0.1, -0.05) is 12.1 Å². The Morgan fingerprint density at radius 1 is 1.11 bits per heavy atom. The molecular weight excluding hydrogens is 346 g/mol. The number of aromatic nitrogens is 4. The van der Waals surface area contributed by atoms with Gasteiger partial charge in [0.25, 0.3) is 11.1 Å². The van der Waals surface area contributed by atoms with Crippen LogP contribution in [0.25, 0.3) is 11.0 Å². The summed E-state index contributed by atoms with van der Waals surface area (Å²) in [4.78, 5) is 52.4. The molecule has 0 unspecified atom stereocenters. The number of aryl methyl sites for hydroxylation is 1. The van der Waals surface area contributed by atoms with Crippen LogP contribution in [0.4, 0.5) is 0 Å². The molecule has 0 atom stereocenters. The van der Waals surface area contributed by atoms with E-state index in [1.807, 2.05) is 18.2 Å². The number of carbonyl (C=O) groups excluding carboxylic acids is 1. The summed E-state index contributed by atoms with van der Waals surface area (Å²) >= 11 is 0. The highest BCUT2D eigenvalue weighted by atomic mass is 16.2. The third-order valence-electron chi connectivity index (χ3n) is 4.89. The van der Waals surface area contributed by atoms with Gasteiger partial charge in [-0.15, -0.1) is 0 Å². The minimum absolute atomic E-state index is 0.0476. The van der Waals surface area contributed by atoms with Crippen molar-refractivity contribution >= 4 is 16.9 Å². The number of hydrogen-bond acceptors (Lipinski definition) is 5. The maximum absolute atomic E-state index is 12.6. The molecule has 8 nitrogen and oxygen atoms in total. The number of benzene rings is 1. The number of aromatic amines is 2. The molecule has 2 aromatic heterocycles. The summed E-state index contributed by atoms with van der Waals surface area (Å²) in [6.07, 6.45) is 2.92. The fourth-order valence-electron chi connectivity index (χ4n) is 3.41. The van der Waals surface area contributed by atoms with E-state index in [-0.39, 0.29) is 29.9 Å². The normalized spacial score (nSPS) is 14.0. The number of para-hydroxylation sites is 2. The molecule has 27 heavy (non-hydrogen) atoms. The van der Waals surface area contributed by atoms with Crippen molar-refractivity contribution in [3.63, 3.8) is 0 Å². The first kappa shape index (κ1) is 17.1. The van der Waals surface area contributed by atoms with Crippen molar-refractivity contribution < 1.29 is 4.79 Å². The maximum Gasteiger partial charge on any atom is 0.270 e. The first-order valence-electron chi connectivity index (χ1n) is 8.93. The van der Waals surface area contributed by atoms with Crippen LogP contribution in [0.3, 0.4) is 0 Å². The van der Waals surface area contributed by atoms with Crippen LogP contribution in [-0.2, 0) is 24.1 Å². The van der Waals surface area contributed by atoms with E-state index in [1.165, 1.54) is 6.33 Å². The molecule has 8 heteroatoms. The first-order valence-corrected chi connectivity index (χ1v) is 8.93. The van der Waals surface area contributed by atoms with Gasteiger partial charge >= 0.3 is 0 Å². The summed E-state index contributed by atoms with van der Waals surface area (Å²) < 4.78 is 0. The number of H-pyrrole nitrogens is 2. The molecule has 0 fully saturated rings. The Morgan fingerprint density at radius 2 is 1.93 bits per heavy atom. The predicted octanol–water partition coefficient (Wildman–Crippen LogP) is 0.566. The van der Waals surface area contributed by atoms with Crippen LogP contribution in [0.5, 0.6) is 0 Å². The highest BCUT2D eigenvalue weighted by Gasteiger charge is 2.21. The second kappa shape index (κ2) is 7.14. The minimum atomic E-state index is -0.263. The van der Waals surface area contributed by atoms with E-state index in [4.69, 9.17) is 0 Å². The summed E-state index contributed by atoms with van der Waals surface area (Å²) in [7, 11) is 0. The lowest BCUT2D eigenvalue weighted by Crippen LogP contribution is -2.34. The van der Waals surface area contributed by atoms with E-state index >= 15 is 0 Å². The Bertz CT molecular complexity index is 1120. The van der Waals surface area contributed by atoms with E-state index in [9.17, 15) is 14.4 Å². The van der Waals surface area contributed by atoms with Gasteiger partial charge in [0.1, 0.15) is 5.69 Å². The van der Waals surface area contributed by atoms with E-state index in [0.29, 0.717) is 48.2 Å². The predicted molar refractivity (Wildman–Crippen MR) is 99.5 cm³/mol. The van der Waals surface area contributed by atoms with E-state index < -0.39 is 0 Å². The Morgan fingerprint density at radius 3 is 2.81 bits per heavy atom. The summed E-state index contributed by atoms with van der Waals surface area (Å²) in [5, 5.41) is 0. The Labute approximate surface area is 154 Å². The maximum atomic E-state index is 12.6. The lowest BCUT2D eigenvalue weighted by molar-refractivity contribution is -0.131. The second-order valence-electron chi connectivity index (χ2n) is 6.57. The average molecular weight is 365 g/mol. The molecule has 1 aliphatic heterocycles. The van der Waals surface area contributed by atoms with Gasteiger partial charge in [-0.05, 0) is 18.6 Å². The number of hydrogen-bond donors (Lipinski definition) is 2. The molecule has 3 aromatic rings. The van der Waals surface area contributed by atoms with Crippen molar-refractivity contribution in [3.05, 3.63) is 68.3 Å². The zero-order valence-electron chi connectivity index (χ0n) is 14.7. The van der Waals surface area contributed by atoms with Crippen LogP contribution in [0.2, 0.25) is 0 Å².